The van der Waals surface area contributed by atoms with Gasteiger partial charge in [-0.1, -0.05) is 24.3 Å². The third-order valence-electron chi connectivity index (χ3n) is 3.36. The van der Waals surface area contributed by atoms with Gasteiger partial charge >= 0.3 is 0 Å². The summed E-state index contributed by atoms with van der Waals surface area (Å²) in [6.45, 7) is 4.74. The number of pyridine rings is 1. The van der Waals surface area contributed by atoms with E-state index in [4.69, 9.17) is 4.74 Å². The fourth-order valence-electron chi connectivity index (χ4n) is 2.24. The maximum absolute atomic E-state index is 12.5. The van der Waals surface area contributed by atoms with Gasteiger partial charge in [0.05, 0.1) is 13.5 Å². The molecular weight excluding hydrogens is 276 g/mol. The van der Waals surface area contributed by atoms with Gasteiger partial charge in [-0.05, 0) is 23.8 Å². The van der Waals surface area contributed by atoms with Gasteiger partial charge in [-0.3, -0.25) is 9.78 Å². The van der Waals surface area contributed by atoms with Gasteiger partial charge in [0.25, 0.3) is 0 Å². The van der Waals surface area contributed by atoms with Gasteiger partial charge in [0.1, 0.15) is 5.75 Å². The molecule has 1 aromatic carbocycles. The number of para-hydroxylation sites is 1. The highest BCUT2D eigenvalue weighted by atomic mass is 16.5. The summed E-state index contributed by atoms with van der Waals surface area (Å²) in [4.78, 5) is 18.3. The Morgan fingerprint density at radius 1 is 1.27 bits per heavy atom. The van der Waals surface area contributed by atoms with Crippen LogP contribution in [0.4, 0.5) is 0 Å². The second-order valence-corrected chi connectivity index (χ2v) is 4.91. The fourth-order valence-corrected chi connectivity index (χ4v) is 2.24. The highest BCUT2D eigenvalue weighted by Crippen LogP contribution is 2.19. The van der Waals surface area contributed by atoms with E-state index in [0.29, 0.717) is 19.5 Å². The van der Waals surface area contributed by atoms with Crippen LogP contribution in [0.1, 0.15) is 11.1 Å². The summed E-state index contributed by atoms with van der Waals surface area (Å²) in [6, 6.07) is 11.4. The number of carbonyl (C=O) groups is 1. The van der Waals surface area contributed by atoms with Gasteiger partial charge in [-0.2, -0.15) is 0 Å². The predicted octanol–water partition coefficient (Wildman–Crippen LogP) is 2.85. The molecule has 1 amide bonds. The van der Waals surface area contributed by atoms with E-state index in [1.807, 2.05) is 36.4 Å². The van der Waals surface area contributed by atoms with Crippen molar-refractivity contribution < 1.29 is 9.53 Å². The number of amides is 1. The summed E-state index contributed by atoms with van der Waals surface area (Å²) in [5, 5.41) is 0. The van der Waals surface area contributed by atoms with Crippen LogP contribution < -0.4 is 4.74 Å². The highest BCUT2D eigenvalue weighted by Gasteiger charge is 2.15. The van der Waals surface area contributed by atoms with Crippen molar-refractivity contribution in [1.29, 1.82) is 0 Å². The zero-order valence-corrected chi connectivity index (χ0v) is 12.7. The van der Waals surface area contributed by atoms with Crippen LogP contribution in [0, 0.1) is 0 Å². The number of ether oxygens (including phenoxy) is 1. The van der Waals surface area contributed by atoms with E-state index in [9.17, 15) is 4.79 Å². The summed E-state index contributed by atoms with van der Waals surface area (Å²) in [7, 11) is 1.63. The number of hydrogen-bond donors (Lipinski definition) is 0. The lowest BCUT2D eigenvalue weighted by Crippen LogP contribution is -2.32. The lowest BCUT2D eigenvalue weighted by molar-refractivity contribution is -0.130. The van der Waals surface area contributed by atoms with Crippen LogP contribution >= 0.6 is 0 Å². The molecule has 22 heavy (non-hydrogen) atoms. The second-order valence-electron chi connectivity index (χ2n) is 4.91. The standard InChI is InChI=1S/C18H20N2O2/c1-3-12-20(14-16-6-4-5-7-17(16)22-2)18(21)13-15-8-10-19-11-9-15/h3-11H,1,12-14H2,2H3. The summed E-state index contributed by atoms with van der Waals surface area (Å²) in [6.07, 6.45) is 5.48. The molecule has 0 aliphatic heterocycles. The van der Waals surface area contributed by atoms with Gasteiger partial charge in [-0.25, -0.2) is 0 Å². The van der Waals surface area contributed by atoms with E-state index in [0.717, 1.165) is 16.9 Å². The Morgan fingerprint density at radius 3 is 2.68 bits per heavy atom. The molecule has 0 spiro atoms. The summed E-state index contributed by atoms with van der Waals surface area (Å²) < 4.78 is 5.35. The summed E-state index contributed by atoms with van der Waals surface area (Å²) >= 11 is 0. The molecule has 0 saturated heterocycles. The van der Waals surface area contributed by atoms with Crippen LogP contribution in [0.5, 0.6) is 5.75 Å². The molecule has 2 rings (SSSR count). The number of hydrogen-bond acceptors (Lipinski definition) is 3. The van der Waals surface area contributed by atoms with Gasteiger partial charge in [0, 0.05) is 31.0 Å². The normalized spacial score (nSPS) is 10.0. The van der Waals surface area contributed by atoms with Crippen molar-refractivity contribution in [3.05, 3.63) is 72.6 Å². The van der Waals surface area contributed by atoms with Crippen molar-refractivity contribution in [2.75, 3.05) is 13.7 Å². The molecule has 4 nitrogen and oxygen atoms in total. The monoisotopic (exact) mass is 296 g/mol. The molecule has 0 aliphatic carbocycles. The number of carbonyl (C=O) groups excluding carboxylic acids is 1. The van der Waals surface area contributed by atoms with Crippen molar-refractivity contribution >= 4 is 5.91 Å². The molecule has 4 heteroatoms. The minimum atomic E-state index is 0.0528. The third kappa shape index (κ3) is 4.19. The van der Waals surface area contributed by atoms with Crippen LogP contribution in [0.15, 0.2) is 61.4 Å². The molecule has 1 aromatic heterocycles. The Bertz CT molecular complexity index is 626. The van der Waals surface area contributed by atoms with Crippen molar-refractivity contribution in [2.45, 2.75) is 13.0 Å². The first-order valence-electron chi connectivity index (χ1n) is 7.14. The number of methoxy groups -OCH3 is 1. The Morgan fingerprint density at radius 2 is 2.00 bits per heavy atom. The van der Waals surface area contributed by atoms with E-state index < -0.39 is 0 Å². The van der Waals surface area contributed by atoms with Gasteiger partial charge in [0.2, 0.25) is 5.91 Å². The topological polar surface area (TPSA) is 42.4 Å². The van der Waals surface area contributed by atoms with Crippen LogP contribution in [-0.4, -0.2) is 29.4 Å². The van der Waals surface area contributed by atoms with E-state index in [-0.39, 0.29) is 5.91 Å². The highest BCUT2D eigenvalue weighted by molar-refractivity contribution is 5.79. The largest absolute Gasteiger partial charge is 0.496 e. The molecule has 0 N–H and O–H groups in total. The van der Waals surface area contributed by atoms with Crippen LogP contribution in [0.3, 0.4) is 0 Å². The van der Waals surface area contributed by atoms with E-state index in [1.165, 1.54) is 0 Å². The van der Waals surface area contributed by atoms with Crippen molar-refractivity contribution in [3.8, 4) is 5.75 Å². The first kappa shape index (κ1) is 15.8. The van der Waals surface area contributed by atoms with Crippen molar-refractivity contribution in [1.82, 2.24) is 9.88 Å². The second kappa shape index (κ2) is 7.98. The Kier molecular flexibility index (Phi) is 5.72. The molecule has 0 atom stereocenters. The predicted molar refractivity (Wildman–Crippen MR) is 86.5 cm³/mol. The molecule has 0 saturated carbocycles. The lowest BCUT2D eigenvalue weighted by Gasteiger charge is -2.22. The van der Waals surface area contributed by atoms with Crippen LogP contribution in [-0.2, 0) is 17.8 Å². The molecule has 0 aliphatic rings. The average molecular weight is 296 g/mol. The minimum absolute atomic E-state index is 0.0528. The number of benzene rings is 1. The first-order chi connectivity index (χ1) is 10.7. The summed E-state index contributed by atoms with van der Waals surface area (Å²) in [5.41, 5.74) is 1.93. The van der Waals surface area contributed by atoms with Crippen molar-refractivity contribution in [2.24, 2.45) is 0 Å². The number of rotatable bonds is 7. The average Bonchev–Trinajstić information content (AvgIpc) is 2.56. The Hall–Kier alpha value is -2.62. The molecular formula is C18H20N2O2. The molecule has 114 valence electrons. The first-order valence-corrected chi connectivity index (χ1v) is 7.14. The molecule has 1 heterocycles. The Balaban J connectivity index is 2.12. The molecule has 0 bridgehead atoms. The smallest absolute Gasteiger partial charge is 0.227 e. The summed E-state index contributed by atoms with van der Waals surface area (Å²) in [5.74, 6) is 0.838. The molecule has 2 aromatic rings. The maximum Gasteiger partial charge on any atom is 0.227 e. The van der Waals surface area contributed by atoms with Gasteiger partial charge < -0.3 is 9.64 Å². The minimum Gasteiger partial charge on any atom is -0.496 e. The van der Waals surface area contributed by atoms with E-state index in [1.54, 1.807) is 30.5 Å². The van der Waals surface area contributed by atoms with Gasteiger partial charge in [0.15, 0.2) is 0 Å². The van der Waals surface area contributed by atoms with E-state index in [2.05, 4.69) is 11.6 Å². The quantitative estimate of drug-likeness (QED) is 0.738. The van der Waals surface area contributed by atoms with Crippen LogP contribution in [0.25, 0.3) is 0 Å². The zero-order chi connectivity index (χ0) is 15.8. The number of aromatic nitrogens is 1. The third-order valence-corrected chi connectivity index (χ3v) is 3.36. The molecule has 0 fully saturated rings. The fraction of sp³-hybridized carbons (Fsp3) is 0.222. The molecule has 0 radical (unpaired) electrons. The maximum atomic E-state index is 12.5. The van der Waals surface area contributed by atoms with E-state index >= 15 is 0 Å². The Labute approximate surface area is 131 Å². The zero-order valence-electron chi connectivity index (χ0n) is 12.7. The molecule has 0 unspecified atom stereocenters. The number of nitrogens with zero attached hydrogens (tertiary/aromatic N) is 2. The van der Waals surface area contributed by atoms with Crippen LogP contribution in [0.2, 0.25) is 0 Å². The lowest BCUT2D eigenvalue weighted by atomic mass is 10.1. The SMILES string of the molecule is C=CCN(Cc1ccccc1OC)C(=O)Cc1ccncc1. The van der Waals surface area contributed by atoms with Crippen molar-refractivity contribution in [3.63, 3.8) is 0 Å². The van der Waals surface area contributed by atoms with Gasteiger partial charge in [-0.15, -0.1) is 6.58 Å².